The maximum atomic E-state index is 11.2. The van der Waals surface area contributed by atoms with Gasteiger partial charge in [0, 0.05) is 6.20 Å². The molecule has 1 aromatic heterocycles. The van der Waals surface area contributed by atoms with Crippen molar-refractivity contribution in [2.75, 3.05) is 13.7 Å². The highest BCUT2D eigenvalue weighted by Gasteiger charge is 2.20. The van der Waals surface area contributed by atoms with Gasteiger partial charge in [-0.3, -0.25) is 4.98 Å². The molecule has 1 saturated heterocycles. The van der Waals surface area contributed by atoms with E-state index in [0.717, 1.165) is 18.7 Å². The van der Waals surface area contributed by atoms with Crippen LogP contribution in [0.1, 0.15) is 28.5 Å². The van der Waals surface area contributed by atoms with Gasteiger partial charge in [0.25, 0.3) is 0 Å². The third kappa shape index (κ3) is 1.61. The van der Waals surface area contributed by atoms with Crippen LogP contribution in [0.15, 0.2) is 18.3 Å². The molecule has 0 aromatic carbocycles. The van der Waals surface area contributed by atoms with Crippen molar-refractivity contribution in [2.45, 2.75) is 12.5 Å². The summed E-state index contributed by atoms with van der Waals surface area (Å²) >= 11 is 0. The summed E-state index contributed by atoms with van der Waals surface area (Å²) in [5.41, 5.74) is 1.48. The number of carbonyl (C=O) groups is 1. The van der Waals surface area contributed by atoms with E-state index in [1.807, 2.05) is 0 Å². The molecule has 1 N–H and O–H groups in total. The van der Waals surface area contributed by atoms with Gasteiger partial charge in [-0.05, 0) is 25.1 Å². The zero-order chi connectivity index (χ0) is 9.97. The largest absolute Gasteiger partial charge is 0.465 e. The van der Waals surface area contributed by atoms with E-state index in [4.69, 9.17) is 0 Å². The van der Waals surface area contributed by atoms with Crippen molar-refractivity contribution >= 4 is 5.97 Å². The Morgan fingerprint density at radius 2 is 2.50 bits per heavy atom. The van der Waals surface area contributed by atoms with E-state index in [9.17, 15) is 4.79 Å². The number of nitrogens with one attached hydrogen (secondary N) is 1. The standard InChI is InChI=1S/C10H12N2O2/c1-14-10(13)7-2-4-12-9(6-7)8-3-5-11-8/h2,4,6,8,11H,3,5H2,1H3. The number of aromatic nitrogens is 1. The third-order valence-electron chi connectivity index (χ3n) is 2.38. The van der Waals surface area contributed by atoms with Gasteiger partial charge in [-0.1, -0.05) is 0 Å². The van der Waals surface area contributed by atoms with Crippen LogP contribution in [0, 0.1) is 0 Å². The quantitative estimate of drug-likeness (QED) is 0.707. The number of esters is 1. The molecule has 14 heavy (non-hydrogen) atoms. The lowest BCUT2D eigenvalue weighted by molar-refractivity contribution is 0.0600. The molecule has 4 nitrogen and oxygen atoms in total. The highest BCUT2D eigenvalue weighted by molar-refractivity contribution is 5.89. The second kappa shape index (κ2) is 3.75. The molecule has 4 heteroatoms. The van der Waals surface area contributed by atoms with E-state index in [1.165, 1.54) is 7.11 Å². The van der Waals surface area contributed by atoms with E-state index in [1.54, 1.807) is 18.3 Å². The predicted molar refractivity (Wildman–Crippen MR) is 50.9 cm³/mol. The zero-order valence-corrected chi connectivity index (χ0v) is 7.99. The van der Waals surface area contributed by atoms with E-state index in [-0.39, 0.29) is 5.97 Å². The Labute approximate surface area is 82.3 Å². The minimum absolute atomic E-state index is 0.305. The van der Waals surface area contributed by atoms with Crippen molar-refractivity contribution in [1.29, 1.82) is 0 Å². The molecule has 0 spiro atoms. The number of hydrogen-bond acceptors (Lipinski definition) is 4. The van der Waals surface area contributed by atoms with Crippen LogP contribution in [0.2, 0.25) is 0 Å². The van der Waals surface area contributed by atoms with Crippen molar-refractivity contribution in [3.63, 3.8) is 0 Å². The van der Waals surface area contributed by atoms with Crippen LogP contribution in [-0.2, 0) is 4.74 Å². The van der Waals surface area contributed by atoms with Crippen molar-refractivity contribution < 1.29 is 9.53 Å². The highest BCUT2D eigenvalue weighted by Crippen LogP contribution is 2.21. The molecule has 1 unspecified atom stereocenters. The van der Waals surface area contributed by atoms with Crippen LogP contribution >= 0.6 is 0 Å². The van der Waals surface area contributed by atoms with Crippen LogP contribution in [-0.4, -0.2) is 24.6 Å². The number of nitrogens with zero attached hydrogens (tertiary/aromatic N) is 1. The van der Waals surface area contributed by atoms with Crippen LogP contribution < -0.4 is 5.32 Å². The number of methoxy groups -OCH3 is 1. The molecular weight excluding hydrogens is 180 g/mol. The second-order valence-corrected chi connectivity index (χ2v) is 3.26. The summed E-state index contributed by atoms with van der Waals surface area (Å²) in [4.78, 5) is 15.4. The van der Waals surface area contributed by atoms with Crippen LogP contribution in [0.3, 0.4) is 0 Å². The van der Waals surface area contributed by atoms with Crippen molar-refractivity contribution in [1.82, 2.24) is 10.3 Å². The maximum absolute atomic E-state index is 11.2. The fourth-order valence-corrected chi connectivity index (χ4v) is 1.42. The summed E-state index contributed by atoms with van der Waals surface area (Å²) in [5.74, 6) is -0.312. The van der Waals surface area contributed by atoms with Crippen molar-refractivity contribution in [3.8, 4) is 0 Å². The first-order chi connectivity index (χ1) is 6.81. The summed E-state index contributed by atoms with van der Waals surface area (Å²) in [5, 5.41) is 3.23. The molecule has 1 aliphatic rings. The van der Waals surface area contributed by atoms with Gasteiger partial charge in [0.2, 0.25) is 0 Å². The SMILES string of the molecule is COC(=O)c1ccnc(C2CCN2)c1. The monoisotopic (exact) mass is 192 g/mol. The average molecular weight is 192 g/mol. The second-order valence-electron chi connectivity index (χ2n) is 3.26. The molecule has 1 atom stereocenters. The number of carbonyl (C=O) groups excluding carboxylic acids is 1. The average Bonchev–Trinajstić information content (AvgIpc) is 2.14. The molecule has 0 aliphatic carbocycles. The molecule has 1 aliphatic heterocycles. The number of hydrogen-bond donors (Lipinski definition) is 1. The van der Waals surface area contributed by atoms with Gasteiger partial charge in [-0.25, -0.2) is 4.79 Å². The lowest BCUT2D eigenvalue weighted by Crippen LogP contribution is -2.35. The first kappa shape index (κ1) is 9.15. The van der Waals surface area contributed by atoms with Crippen LogP contribution in [0.25, 0.3) is 0 Å². The van der Waals surface area contributed by atoms with Gasteiger partial charge in [-0.2, -0.15) is 0 Å². The Kier molecular flexibility index (Phi) is 2.45. The number of rotatable bonds is 2. The van der Waals surface area contributed by atoms with E-state index in [2.05, 4.69) is 15.0 Å². The van der Waals surface area contributed by atoms with Gasteiger partial charge in [0.05, 0.1) is 24.4 Å². The first-order valence-corrected chi connectivity index (χ1v) is 4.59. The topological polar surface area (TPSA) is 51.2 Å². The van der Waals surface area contributed by atoms with E-state index < -0.39 is 0 Å². The van der Waals surface area contributed by atoms with Crippen molar-refractivity contribution in [3.05, 3.63) is 29.6 Å². The van der Waals surface area contributed by atoms with Gasteiger partial charge in [0.15, 0.2) is 0 Å². The summed E-state index contributed by atoms with van der Waals surface area (Å²) in [6.07, 6.45) is 2.72. The summed E-state index contributed by atoms with van der Waals surface area (Å²) in [6.45, 7) is 1.02. The predicted octanol–water partition coefficient (Wildman–Crippen LogP) is 0.903. The Morgan fingerprint density at radius 3 is 3.07 bits per heavy atom. The van der Waals surface area contributed by atoms with E-state index in [0.29, 0.717) is 11.6 Å². The maximum Gasteiger partial charge on any atom is 0.337 e. The van der Waals surface area contributed by atoms with E-state index >= 15 is 0 Å². The minimum Gasteiger partial charge on any atom is -0.465 e. The number of ether oxygens (including phenoxy) is 1. The summed E-state index contributed by atoms with van der Waals surface area (Å²) in [7, 11) is 1.38. The van der Waals surface area contributed by atoms with Gasteiger partial charge in [0.1, 0.15) is 0 Å². The normalized spacial score (nSPS) is 19.9. The lowest BCUT2D eigenvalue weighted by atomic mass is 10.0. The molecule has 0 bridgehead atoms. The molecule has 1 fully saturated rings. The van der Waals surface area contributed by atoms with Gasteiger partial charge in [-0.15, -0.1) is 0 Å². The summed E-state index contributed by atoms with van der Waals surface area (Å²) < 4.78 is 4.64. The lowest BCUT2D eigenvalue weighted by Gasteiger charge is -2.26. The third-order valence-corrected chi connectivity index (χ3v) is 2.38. The molecule has 2 heterocycles. The molecule has 0 saturated carbocycles. The van der Waals surface area contributed by atoms with Crippen molar-refractivity contribution in [2.24, 2.45) is 0 Å². The van der Waals surface area contributed by atoms with Crippen LogP contribution in [0.4, 0.5) is 0 Å². The minimum atomic E-state index is -0.312. The Balaban J connectivity index is 2.21. The molecule has 2 rings (SSSR count). The Morgan fingerprint density at radius 1 is 1.71 bits per heavy atom. The van der Waals surface area contributed by atoms with Gasteiger partial charge < -0.3 is 10.1 Å². The summed E-state index contributed by atoms with van der Waals surface area (Å²) in [6, 6.07) is 3.75. The number of pyridine rings is 1. The zero-order valence-electron chi connectivity index (χ0n) is 7.99. The first-order valence-electron chi connectivity index (χ1n) is 4.59. The molecule has 0 amide bonds. The smallest absolute Gasteiger partial charge is 0.337 e. The fourth-order valence-electron chi connectivity index (χ4n) is 1.42. The Bertz CT molecular complexity index is 348. The molecule has 0 radical (unpaired) electrons. The molecule has 74 valence electrons. The molecule has 1 aromatic rings. The highest BCUT2D eigenvalue weighted by atomic mass is 16.5. The van der Waals surface area contributed by atoms with Crippen LogP contribution in [0.5, 0.6) is 0 Å². The fraction of sp³-hybridized carbons (Fsp3) is 0.400. The van der Waals surface area contributed by atoms with Gasteiger partial charge >= 0.3 is 5.97 Å². The Hall–Kier alpha value is -1.42. The molecular formula is C10H12N2O2.